The van der Waals surface area contributed by atoms with Gasteiger partial charge in [-0.15, -0.1) is 0 Å². The fraction of sp³-hybridized carbons (Fsp3) is 0.154. The molecule has 2 aromatic heterocycles. The number of pyridine rings is 1. The Labute approximate surface area is 126 Å². The van der Waals surface area contributed by atoms with Crippen LogP contribution in [0.25, 0.3) is 11.5 Å². The second-order valence-corrected chi connectivity index (χ2v) is 4.97. The van der Waals surface area contributed by atoms with Gasteiger partial charge in [0.25, 0.3) is 0 Å². The van der Waals surface area contributed by atoms with E-state index in [1.165, 1.54) is 24.5 Å². The first kappa shape index (κ1) is 15.9. The van der Waals surface area contributed by atoms with Crippen molar-refractivity contribution >= 4 is 17.7 Å². The highest BCUT2D eigenvalue weighted by Crippen LogP contribution is 2.37. The number of nitrogens with zero attached hydrogens (tertiary/aromatic N) is 2. The number of rotatable bonds is 4. The number of hydrogen-bond donors (Lipinski definition) is 1. The van der Waals surface area contributed by atoms with Gasteiger partial charge < -0.3 is 9.52 Å². The molecule has 0 atom stereocenters. The molecule has 0 aliphatic carbocycles. The summed E-state index contributed by atoms with van der Waals surface area (Å²) in [5.74, 6) is -1.65. The molecule has 5 nitrogen and oxygen atoms in total. The fourth-order valence-corrected chi connectivity index (χ4v) is 2.36. The Morgan fingerprint density at radius 2 is 2.23 bits per heavy atom. The van der Waals surface area contributed by atoms with Crippen LogP contribution in [0.4, 0.5) is 13.2 Å². The molecule has 0 aliphatic rings. The Bertz CT molecular complexity index is 736. The number of aromatic nitrogens is 1. The van der Waals surface area contributed by atoms with E-state index in [1.54, 1.807) is 0 Å². The van der Waals surface area contributed by atoms with Crippen LogP contribution in [-0.2, 0) is 11.0 Å². The summed E-state index contributed by atoms with van der Waals surface area (Å²) in [6, 6.07) is 5.05. The van der Waals surface area contributed by atoms with Gasteiger partial charge in [-0.1, -0.05) is 11.8 Å². The topological polar surface area (TPSA) is 87.1 Å². The van der Waals surface area contributed by atoms with Crippen LogP contribution in [0.1, 0.15) is 11.1 Å². The second-order valence-electron chi connectivity index (χ2n) is 4.00. The van der Waals surface area contributed by atoms with Crippen molar-refractivity contribution in [3.8, 4) is 17.5 Å². The number of thioether (sulfide) groups is 1. The average molecular weight is 328 g/mol. The Hall–Kier alpha value is -2.47. The second kappa shape index (κ2) is 6.11. The molecule has 0 amide bonds. The first-order chi connectivity index (χ1) is 10.3. The van der Waals surface area contributed by atoms with Crippen molar-refractivity contribution in [1.29, 1.82) is 5.26 Å². The summed E-state index contributed by atoms with van der Waals surface area (Å²) in [4.78, 5) is 14.5. The van der Waals surface area contributed by atoms with E-state index in [1.807, 2.05) is 0 Å². The number of carbonyl (C=O) groups is 1. The quantitative estimate of drug-likeness (QED) is 0.866. The maximum absolute atomic E-state index is 13.1. The lowest BCUT2D eigenvalue weighted by Crippen LogP contribution is -2.11. The fourth-order valence-electron chi connectivity index (χ4n) is 1.64. The molecule has 0 saturated heterocycles. The number of alkyl halides is 3. The zero-order valence-electron chi connectivity index (χ0n) is 10.7. The van der Waals surface area contributed by atoms with Crippen LogP contribution in [0.3, 0.4) is 0 Å². The number of carboxylic acids is 1. The molecule has 114 valence electrons. The van der Waals surface area contributed by atoms with Gasteiger partial charge in [-0.3, -0.25) is 4.79 Å². The van der Waals surface area contributed by atoms with Crippen molar-refractivity contribution in [1.82, 2.24) is 4.98 Å². The molecule has 0 spiro atoms. The van der Waals surface area contributed by atoms with Gasteiger partial charge >= 0.3 is 12.1 Å². The predicted molar refractivity (Wildman–Crippen MR) is 70.0 cm³/mol. The van der Waals surface area contributed by atoms with Crippen LogP contribution in [0.2, 0.25) is 0 Å². The monoisotopic (exact) mass is 328 g/mol. The third-order valence-electron chi connectivity index (χ3n) is 2.51. The summed E-state index contributed by atoms with van der Waals surface area (Å²) in [6.45, 7) is 0. The summed E-state index contributed by atoms with van der Waals surface area (Å²) in [5.41, 5.74) is -2.00. The van der Waals surface area contributed by atoms with Gasteiger partial charge in [0.2, 0.25) is 0 Å². The third kappa shape index (κ3) is 3.40. The average Bonchev–Trinajstić information content (AvgIpc) is 2.97. The van der Waals surface area contributed by atoms with Gasteiger partial charge in [0.15, 0.2) is 5.76 Å². The normalized spacial score (nSPS) is 11.2. The van der Waals surface area contributed by atoms with Crippen molar-refractivity contribution in [2.45, 2.75) is 11.2 Å². The van der Waals surface area contributed by atoms with E-state index in [0.29, 0.717) is 17.8 Å². The lowest BCUT2D eigenvalue weighted by Gasteiger charge is -2.12. The molecule has 0 bridgehead atoms. The van der Waals surface area contributed by atoms with Crippen LogP contribution in [0, 0.1) is 11.3 Å². The third-order valence-corrected chi connectivity index (χ3v) is 3.47. The minimum Gasteiger partial charge on any atom is -0.481 e. The van der Waals surface area contributed by atoms with Gasteiger partial charge in [0, 0.05) is 0 Å². The highest BCUT2D eigenvalue weighted by Gasteiger charge is 2.36. The van der Waals surface area contributed by atoms with Crippen molar-refractivity contribution < 1.29 is 27.5 Å². The molecule has 0 aliphatic heterocycles. The smallest absolute Gasteiger partial charge is 0.417 e. The van der Waals surface area contributed by atoms with E-state index in [9.17, 15) is 18.0 Å². The molecule has 0 fully saturated rings. The summed E-state index contributed by atoms with van der Waals surface area (Å²) in [5, 5.41) is 17.3. The Morgan fingerprint density at radius 1 is 1.50 bits per heavy atom. The molecule has 1 N–H and O–H groups in total. The maximum atomic E-state index is 13.1. The molecule has 2 heterocycles. The van der Waals surface area contributed by atoms with Gasteiger partial charge in [-0.05, 0) is 18.2 Å². The van der Waals surface area contributed by atoms with Gasteiger partial charge in [-0.25, -0.2) is 4.98 Å². The van der Waals surface area contributed by atoms with Crippen molar-refractivity contribution in [2.75, 3.05) is 5.75 Å². The Kier molecular flexibility index (Phi) is 4.42. The van der Waals surface area contributed by atoms with Crippen molar-refractivity contribution in [3.63, 3.8) is 0 Å². The molecule has 9 heteroatoms. The first-order valence-corrected chi connectivity index (χ1v) is 6.72. The van der Waals surface area contributed by atoms with E-state index in [2.05, 4.69) is 4.98 Å². The first-order valence-electron chi connectivity index (χ1n) is 5.73. The molecule has 22 heavy (non-hydrogen) atoms. The zero-order chi connectivity index (χ0) is 16.3. The van der Waals surface area contributed by atoms with E-state index < -0.39 is 29.0 Å². The SMILES string of the molecule is N#Cc1c(C(F)(F)F)cc(-c2ccco2)nc1SCC(=O)O. The van der Waals surface area contributed by atoms with Crippen LogP contribution >= 0.6 is 11.8 Å². The summed E-state index contributed by atoms with van der Waals surface area (Å²) in [7, 11) is 0. The van der Waals surface area contributed by atoms with E-state index in [-0.39, 0.29) is 16.5 Å². The van der Waals surface area contributed by atoms with E-state index in [4.69, 9.17) is 14.8 Å². The van der Waals surface area contributed by atoms with Gasteiger partial charge in [0.05, 0.1) is 23.1 Å². The van der Waals surface area contributed by atoms with Crippen molar-refractivity contribution in [2.24, 2.45) is 0 Å². The molecule has 0 aromatic carbocycles. The zero-order valence-corrected chi connectivity index (χ0v) is 11.5. The van der Waals surface area contributed by atoms with Crippen LogP contribution in [0.5, 0.6) is 0 Å². The Morgan fingerprint density at radius 3 is 2.73 bits per heavy atom. The van der Waals surface area contributed by atoms with Crippen LogP contribution < -0.4 is 0 Å². The minimum atomic E-state index is -4.77. The number of nitriles is 1. The Balaban J connectivity index is 2.62. The predicted octanol–water partition coefficient (Wildman–Crippen LogP) is 3.41. The number of furan rings is 1. The molecular weight excluding hydrogens is 321 g/mol. The summed E-state index contributed by atoms with van der Waals surface area (Å²) >= 11 is 0.547. The summed E-state index contributed by atoms with van der Waals surface area (Å²) < 4.78 is 44.3. The molecule has 0 radical (unpaired) electrons. The highest BCUT2D eigenvalue weighted by atomic mass is 32.2. The lowest BCUT2D eigenvalue weighted by molar-refractivity contribution is -0.138. The maximum Gasteiger partial charge on any atom is 0.417 e. The van der Waals surface area contributed by atoms with Crippen LogP contribution in [0.15, 0.2) is 33.9 Å². The largest absolute Gasteiger partial charge is 0.481 e. The molecule has 0 saturated carbocycles. The number of carboxylic acid groups (broad SMARTS) is 1. The number of hydrogen-bond acceptors (Lipinski definition) is 5. The van der Waals surface area contributed by atoms with Crippen LogP contribution in [-0.4, -0.2) is 21.8 Å². The highest BCUT2D eigenvalue weighted by molar-refractivity contribution is 7.99. The molecule has 2 aromatic rings. The molecule has 2 rings (SSSR count). The minimum absolute atomic E-state index is 0.0900. The van der Waals surface area contributed by atoms with Crippen molar-refractivity contribution in [3.05, 3.63) is 35.6 Å². The standard InChI is InChI=1S/C13H7F3N2O3S/c14-13(15,16)8-4-9(10-2-1-3-21-10)18-12(7(8)5-17)22-6-11(19)20/h1-4H,6H2,(H,19,20). The van der Waals surface area contributed by atoms with Gasteiger partial charge in [0.1, 0.15) is 16.8 Å². The summed E-state index contributed by atoms with van der Waals surface area (Å²) in [6.07, 6.45) is -3.50. The molecular formula is C13H7F3N2O3S. The lowest BCUT2D eigenvalue weighted by atomic mass is 10.1. The van der Waals surface area contributed by atoms with Gasteiger partial charge in [-0.2, -0.15) is 18.4 Å². The number of aliphatic carboxylic acids is 1. The van der Waals surface area contributed by atoms with E-state index >= 15 is 0 Å². The molecule has 0 unspecified atom stereocenters. The van der Waals surface area contributed by atoms with E-state index in [0.717, 1.165) is 0 Å². The number of halogens is 3.